The van der Waals surface area contributed by atoms with Gasteiger partial charge in [-0.2, -0.15) is 5.26 Å². The molecule has 1 heterocycles. The molecule has 0 saturated carbocycles. The molecular formula is C17H16N2OS. The lowest BCUT2D eigenvalue weighted by molar-refractivity contribution is 0.415. The Bertz CT molecular complexity index is 695. The fraction of sp³-hybridized carbons (Fsp3) is 0.235. The Hall–Kier alpha value is -2.12. The van der Waals surface area contributed by atoms with Gasteiger partial charge < -0.3 is 10.1 Å². The highest BCUT2D eigenvalue weighted by Gasteiger charge is 2.37. The summed E-state index contributed by atoms with van der Waals surface area (Å²) >= 11 is 1.81. The lowest BCUT2D eigenvalue weighted by Gasteiger charge is -2.34. The van der Waals surface area contributed by atoms with Crippen molar-refractivity contribution in [2.24, 2.45) is 0 Å². The zero-order valence-electron chi connectivity index (χ0n) is 11.8. The number of nitrogens with zero attached hydrogens (tertiary/aromatic N) is 1. The van der Waals surface area contributed by atoms with Crippen molar-refractivity contribution in [3.8, 4) is 11.8 Å². The Morgan fingerprint density at radius 2 is 2.10 bits per heavy atom. The lowest BCUT2D eigenvalue weighted by Crippen LogP contribution is -2.37. The Morgan fingerprint density at radius 3 is 2.90 bits per heavy atom. The van der Waals surface area contributed by atoms with Gasteiger partial charge in [0.15, 0.2) is 5.54 Å². The van der Waals surface area contributed by atoms with Gasteiger partial charge in [0.05, 0.1) is 13.2 Å². The summed E-state index contributed by atoms with van der Waals surface area (Å²) in [5.74, 6) is 1.72. The molecule has 3 rings (SSSR count). The number of rotatable bonds is 3. The van der Waals surface area contributed by atoms with E-state index in [9.17, 15) is 5.26 Å². The van der Waals surface area contributed by atoms with E-state index in [2.05, 4.69) is 17.5 Å². The predicted octanol–water partition coefficient (Wildman–Crippen LogP) is 4.02. The van der Waals surface area contributed by atoms with Crippen molar-refractivity contribution in [3.63, 3.8) is 0 Å². The number of methoxy groups -OCH3 is 1. The van der Waals surface area contributed by atoms with Crippen LogP contribution in [0.25, 0.3) is 0 Å². The average Bonchev–Trinajstić information content (AvgIpc) is 2.55. The second-order valence-electron chi connectivity index (χ2n) is 4.97. The SMILES string of the molecule is COc1cccc(NC2(C#N)CCSc3ccccc32)c1. The summed E-state index contributed by atoms with van der Waals surface area (Å²) in [6, 6.07) is 18.3. The monoisotopic (exact) mass is 296 g/mol. The number of thioether (sulfide) groups is 1. The van der Waals surface area contributed by atoms with Crippen molar-refractivity contribution < 1.29 is 4.74 Å². The van der Waals surface area contributed by atoms with E-state index in [-0.39, 0.29) is 0 Å². The van der Waals surface area contributed by atoms with Crippen LogP contribution < -0.4 is 10.1 Å². The summed E-state index contributed by atoms with van der Waals surface area (Å²) in [7, 11) is 1.64. The van der Waals surface area contributed by atoms with Crippen LogP contribution in [0, 0.1) is 11.3 Å². The maximum atomic E-state index is 9.82. The summed E-state index contributed by atoms with van der Waals surface area (Å²) < 4.78 is 5.25. The van der Waals surface area contributed by atoms with E-state index in [1.54, 1.807) is 7.11 Å². The fourth-order valence-corrected chi connectivity index (χ4v) is 3.82. The highest BCUT2D eigenvalue weighted by molar-refractivity contribution is 7.99. The van der Waals surface area contributed by atoms with Gasteiger partial charge in [0.25, 0.3) is 0 Å². The first-order valence-corrected chi connectivity index (χ1v) is 7.82. The van der Waals surface area contributed by atoms with Gasteiger partial charge >= 0.3 is 0 Å². The Kier molecular flexibility index (Phi) is 3.76. The first-order chi connectivity index (χ1) is 10.3. The molecule has 0 aliphatic carbocycles. The van der Waals surface area contributed by atoms with E-state index in [0.717, 1.165) is 29.2 Å². The van der Waals surface area contributed by atoms with Crippen LogP contribution in [0.5, 0.6) is 5.75 Å². The second-order valence-corrected chi connectivity index (χ2v) is 6.11. The second kappa shape index (κ2) is 5.71. The zero-order valence-corrected chi connectivity index (χ0v) is 12.6. The molecule has 21 heavy (non-hydrogen) atoms. The maximum absolute atomic E-state index is 9.82. The molecule has 2 aromatic rings. The largest absolute Gasteiger partial charge is 0.497 e. The average molecular weight is 296 g/mol. The molecule has 1 N–H and O–H groups in total. The van der Waals surface area contributed by atoms with E-state index < -0.39 is 5.54 Å². The molecular weight excluding hydrogens is 280 g/mol. The van der Waals surface area contributed by atoms with Crippen molar-refractivity contribution in [1.82, 2.24) is 0 Å². The molecule has 1 aliphatic heterocycles. The molecule has 0 radical (unpaired) electrons. The van der Waals surface area contributed by atoms with Gasteiger partial charge in [-0.15, -0.1) is 11.8 Å². The van der Waals surface area contributed by atoms with E-state index in [1.165, 1.54) is 4.90 Å². The Morgan fingerprint density at radius 1 is 1.24 bits per heavy atom. The zero-order chi connectivity index (χ0) is 14.7. The third-order valence-corrected chi connectivity index (χ3v) is 4.78. The molecule has 1 unspecified atom stereocenters. The molecule has 1 aliphatic rings. The fourth-order valence-electron chi connectivity index (χ4n) is 2.61. The Balaban J connectivity index is 2.01. The van der Waals surface area contributed by atoms with Crippen LogP contribution in [-0.4, -0.2) is 12.9 Å². The van der Waals surface area contributed by atoms with E-state index >= 15 is 0 Å². The molecule has 3 nitrogen and oxygen atoms in total. The third-order valence-electron chi connectivity index (χ3n) is 3.70. The van der Waals surface area contributed by atoms with E-state index in [1.807, 2.05) is 54.2 Å². The summed E-state index contributed by atoms with van der Waals surface area (Å²) in [5, 5.41) is 13.2. The van der Waals surface area contributed by atoms with Crippen molar-refractivity contribution in [3.05, 3.63) is 54.1 Å². The van der Waals surface area contributed by atoms with Gasteiger partial charge in [-0.25, -0.2) is 0 Å². The molecule has 1 atom stereocenters. The number of benzene rings is 2. The van der Waals surface area contributed by atoms with Crippen LogP contribution >= 0.6 is 11.8 Å². The summed E-state index contributed by atoms with van der Waals surface area (Å²) in [6.45, 7) is 0. The quantitative estimate of drug-likeness (QED) is 0.929. The number of nitriles is 1. The molecule has 0 spiro atoms. The van der Waals surface area contributed by atoms with Crippen molar-refractivity contribution in [2.75, 3.05) is 18.2 Å². The van der Waals surface area contributed by atoms with Gasteiger partial charge in [-0.05, 0) is 24.6 Å². The molecule has 2 aromatic carbocycles. The van der Waals surface area contributed by atoms with Crippen LogP contribution in [0.3, 0.4) is 0 Å². The Labute approximate surface area is 128 Å². The van der Waals surface area contributed by atoms with Crippen LogP contribution in [0.2, 0.25) is 0 Å². The van der Waals surface area contributed by atoms with Gasteiger partial charge in [0.2, 0.25) is 0 Å². The third kappa shape index (κ3) is 2.57. The number of nitrogens with one attached hydrogen (secondary N) is 1. The predicted molar refractivity (Wildman–Crippen MR) is 85.7 cm³/mol. The minimum absolute atomic E-state index is 0.672. The first kappa shape index (κ1) is 13.8. The number of anilines is 1. The van der Waals surface area contributed by atoms with Gasteiger partial charge in [-0.1, -0.05) is 24.3 Å². The minimum atomic E-state index is -0.672. The molecule has 0 amide bonds. The van der Waals surface area contributed by atoms with Crippen molar-refractivity contribution in [1.29, 1.82) is 5.26 Å². The van der Waals surface area contributed by atoms with Crippen LogP contribution in [0.15, 0.2) is 53.4 Å². The smallest absolute Gasteiger partial charge is 0.152 e. The van der Waals surface area contributed by atoms with Gasteiger partial charge in [0, 0.05) is 28.0 Å². The molecule has 0 aromatic heterocycles. The normalized spacial score (nSPS) is 20.2. The van der Waals surface area contributed by atoms with E-state index in [0.29, 0.717) is 0 Å². The van der Waals surface area contributed by atoms with Crippen LogP contribution in [-0.2, 0) is 5.54 Å². The van der Waals surface area contributed by atoms with Crippen LogP contribution in [0.1, 0.15) is 12.0 Å². The standard InChI is InChI=1S/C17H16N2OS/c1-20-14-6-4-5-13(11-14)19-17(12-18)9-10-21-16-8-3-2-7-15(16)17/h2-8,11,19H,9-10H2,1H3. The molecule has 106 valence electrons. The van der Waals surface area contributed by atoms with Crippen LogP contribution in [0.4, 0.5) is 5.69 Å². The highest BCUT2D eigenvalue weighted by Crippen LogP contribution is 2.42. The molecule has 0 bridgehead atoms. The lowest BCUT2D eigenvalue weighted by atomic mass is 9.87. The number of hydrogen-bond acceptors (Lipinski definition) is 4. The summed E-state index contributed by atoms with van der Waals surface area (Å²) in [4.78, 5) is 1.18. The number of hydrogen-bond donors (Lipinski definition) is 1. The van der Waals surface area contributed by atoms with Crippen molar-refractivity contribution >= 4 is 17.4 Å². The number of fused-ring (bicyclic) bond motifs is 1. The van der Waals surface area contributed by atoms with Gasteiger partial charge in [0.1, 0.15) is 5.75 Å². The highest BCUT2D eigenvalue weighted by atomic mass is 32.2. The maximum Gasteiger partial charge on any atom is 0.152 e. The van der Waals surface area contributed by atoms with Crippen molar-refractivity contribution in [2.45, 2.75) is 16.9 Å². The van der Waals surface area contributed by atoms with Gasteiger partial charge in [-0.3, -0.25) is 0 Å². The number of ether oxygens (including phenoxy) is 1. The summed E-state index contributed by atoms with van der Waals surface area (Å²) in [5.41, 5.74) is 1.29. The molecule has 4 heteroatoms. The van der Waals surface area contributed by atoms with E-state index in [4.69, 9.17) is 4.74 Å². The molecule has 0 fully saturated rings. The minimum Gasteiger partial charge on any atom is -0.497 e. The summed E-state index contributed by atoms with van der Waals surface area (Å²) in [6.07, 6.45) is 0.780. The first-order valence-electron chi connectivity index (χ1n) is 6.83. The topological polar surface area (TPSA) is 45.0 Å². The molecule has 0 saturated heterocycles.